The number of rotatable bonds is 6. The molecule has 3 rings (SSSR count). The van der Waals surface area contributed by atoms with Gasteiger partial charge in [-0.25, -0.2) is 8.42 Å². The summed E-state index contributed by atoms with van der Waals surface area (Å²) in [6.45, 7) is 6.32. The third-order valence-corrected chi connectivity index (χ3v) is 6.45. The van der Waals surface area contributed by atoms with Crippen LogP contribution in [0.25, 0.3) is 0 Å². The van der Waals surface area contributed by atoms with E-state index in [0.29, 0.717) is 17.3 Å². The number of anilines is 1. The van der Waals surface area contributed by atoms with Crippen LogP contribution in [0.3, 0.4) is 0 Å². The van der Waals surface area contributed by atoms with E-state index in [1.54, 1.807) is 36.4 Å². The summed E-state index contributed by atoms with van der Waals surface area (Å²) in [7, 11) is -3.68. The molecule has 2 N–H and O–H groups in total. The van der Waals surface area contributed by atoms with Gasteiger partial charge in [-0.05, 0) is 63.1 Å². The van der Waals surface area contributed by atoms with E-state index >= 15 is 0 Å². The predicted octanol–water partition coefficient (Wildman–Crippen LogP) is 3.09. The maximum atomic E-state index is 12.5. The monoisotopic (exact) mass is 401 g/mol. The maximum Gasteiger partial charge on any atom is 0.261 e. The lowest BCUT2D eigenvalue weighted by Gasteiger charge is -2.34. The molecule has 6 nitrogen and oxygen atoms in total. The van der Waals surface area contributed by atoms with Crippen LogP contribution < -0.4 is 10.0 Å². The Morgan fingerprint density at radius 1 is 1.00 bits per heavy atom. The van der Waals surface area contributed by atoms with Gasteiger partial charge in [0, 0.05) is 36.4 Å². The topological polar surface area (TPSA) is 78.5 Å². The van der Waals surface area contributed by atoms with Gasteiger partial charge in [0.15, 0.2) is 0 Å². The number of likely N-dealkylation sites (tertiary alicyclic amines) is 1. The van der Waals surface area contributed by atoms with Crippen LogP contribution in [0.1, 0.15) is 37.0 Å². The van der Waals surface area contributed by atoms with Crippen molar-refractivity contribution in [3.63, 3.8) is 0 Å². The molecular formula is C21H27N3O3S. The van der Waals surface area contributed by atoms with Crippen molar-refractivity contribution >= 4 is 21.6 Å². The molecule has 2 aromatic rings. The molecule has 1 aliphatic heterocycles. The Labute approximate surface area is 167 Å². The van der Waals surface area contributed by atoms with E-state index in [9.17, 15) is 13.2 Å². The summed E-state index contributed by atoms with van der Waals surface area (Å²) in [5, 5.41) is 3.06. The van der Waals surface area contributed by atoms with Crippen LogP contribution in [-0.2, 0) is 10.0 Å². The van der Waals surface area contributed by atoms with Gasteiger partial charge in [-0.15, -0.1) is 0 Å². The van der Waals surface area contributed by atoms with Gasteiger partial charge in [0.2, 0.25) is 0 Å². The third-order valence-electron chi connectivity index (χ3n) is 5.05. The van der Waals surface area contributed by atoms with Crippen LogP contribution in [0.4, 0.5) is 5.69 Å². The molecule has 0 atom stereocenters. The minimum Gasteiger partial charge on any atom is -0.349 e. The number of hydrogen-bond acceptors (Lipinski definition) is 4. The molecule has 1 saturated heterocycles. The van der Waals surface area contributed by atoms with Gasteiger partial charge in [0.25, 0.3) is 15.9 Å². The molecular weight excluding hydrogens is 374 g/mol. The van der Waals surface area contributed by atoms with E-state index in [1.807, 2.05) is 6.07 Å². The normalized spacial score (nSPS) is 16.1. The fourth-order valence-electron chi connectivity index (χ4n) is 3.33. The first-order valence-corrected chi connectivity index (χ1v) is 11.1. The molecule has 2 aromatic carbocycles. The Morgan fingerprint density at radius 3 is 2.18 bits per heavy atom. The highest BCUT2D eigenvalue weighted by molar-refractivity contribution is 7.92. The summed E-state index contributed by atoms with van der Waals surface area (Å²) in [5.74, 6) is -0.164. The zero-order valence-corrected chi connectivity index (χ0v) is 17.1. The van der Waals surface area contributed by atoms with Gasteiger partial charge in [-0.3, -0.25) is 9.52 Å². The molecule has 0 aliphatic carbocycles. The number of nitrogens with zero attached hydrogens (tertiary/aromatic N) is 1. The third kappa shape index (κ3) is 5.11. The van der Waals surface area contributed by atoms with E-state index < -0.39 is 10.0 Å². The van der Waals surface area contributed by atoms with Crippen LogP contribution in [0.5, 0.6) is 0 Å². The summed E-state index contributed by atoms with van der Waals surface area (Å²) in [6, 6.07) is 15.4. The summed E-state index contributed by atoms with van der Waals surface area (Å²) in [5.41, 5.74) is 0.960. The van der Waals surface area contributed by atoms with Crippen LogP contribution in [0.15, 0.2) is 59.5 Å². The number of amides is 1. The second kappa shape index (κ2) is 8.75. The zero-order valence-electron chi connectivity index (χ0n) is 16.3. The maximum absolute atomic E-state index is 12.5. The number of carbonyl (C=O) groups excluding carboxylic acids is 1. The molecule has 0 aromatic heterocycles. The van der Waals surface area contributed by atoms with E-state index in [2.05, 4.69) is 28.8 Å². The largest absolute Gasteiger partial charge is 0.349 e. The lowest BCUT2D eigenvalue weighted by Crippen LogP contribution is -2.46. The number of carbonyl (C=O) groups is 1. The van der Waals surface area contributed by atoms with Crippen molar-refractivity contribution in [2.24, 2.45) is 0 Å². The number of sulfonamides is 1. The molecule has 0 radical (unpaired) electrons. The first-order chi connectivity index (χ1) is 13.3. The van der Waals surface area contributed by atoms with Crippen LogP contribution in [0, 0.1) is 0 Å². The molecule has 0 unspecified atom stereocenters. The number of nitrogens with one attached hydrogen (secondary N) is 2. The number of benzene rings is 2. The molecule has 0 spiro atoms. The van der Waals surface area contributed by atoms with Gasteiger partial charge in [0.1, 0.15) is 0 Å². The molecule has 1 amide bonds. The lowest BCUT2D eigenvalue weighted by molar-refractivity contribution is 0.0900. The zero-order chi connectivity index (χ0) is 20.1. The average Bonchev–Trinajstić information content (AvgIpc) is 2.69. The average molecular weight is 402 g/mol. The Kier molecular flexibility index (Phi) is 6.36. The molecule has 1 fully saturated rings. The van der Waals surface area contributed by atoms with Crippen molar-refractivity contribution in [2.75, 3.05) is 17.8 Å². The van der Waals surface area contributed by atoms with E-state index in [4.69, 9.17) is 0 Å². The van der Waals surface area contributed by atoms with E-state index in [1.165, 1.54) is 12.1 Å². The smallest absolute Gasteiger partial charge is 0.261 e. The van der Waals surface area contributed by atoms with Crippen LogP contribution in [0.2, 0.25) is 0 Å². The molecule has 7 heteroatoms. The highest BCUT2D eigenvalue weighted by Gasteiger charge is 2.22. The van der Waals surface area contributed by atoms with Crippen LogP contribution >= 0.6 is 0 Å². The Morgan fingerprint density at radius 2 is 1.61 bits per heavy atom. The van der Waals surface area contributed by atoms with Gasteiger partial charge in [-0.2, -0.15) is 0 Å². The fraction of sp³-hybridized carbons (Fsp3) is 0.381. The predicted molar refractivity (Wildman–Crippen MR) is 111 cm³/mol. The van der Waals surface area contributed by atoms with Crippen molar-refractivity contribution in [1.29, 1.82) is 0 Å². The van der Waals surface area contributed by atoms with Gasteiger partial charge in [-0.1, -0.05) is 18.2 Å². The van der Waals surface area contributed by atoms with Crippen molar-refractivity contribution in [1.82, 2.24) is 10.2 Å². The van der Waals surface area contributed by atoms with Crippen molar-refractivity contribution in [2.45, 2.75) is 43.7 Å². The Hall–Kier alpha value is -2.38. The highest BCUT2D eigenvalue weighted by Crippen LogP contribution is 2.17. The van der Waals surface area contributed by atoms with E-state index in [0.717, 1.165) is 25.9 Å². The van der Waals surface area contributed by atoms with Gasteiger partial charge >= 0.3 is 0 Å². The van der Waals surface area contributed by atoms with Crippen LogP contribution in [-0.4, -0.2) is 44.4 Å². The Balaban J connectivity index is 1.60. The second-order valence-corrected chi connectivity index (χ2v) is 9.06. The number of para-hydroxylation sites is 1. The Bertz CT molecular complexity index is 888. The highest BCUT2D eigenvalue weighted by atomic mass is 32.2. The standard InChI is InChI=1S/C21H27N3O3S/c1-16(2)24-14-12-18(13-15-24)22-21(25)17-8-10-20(11-9-17)28(26,27)23-19-6-4-3-5-7-19/h3-11,16,18,23H,12-15H2,1-2H3,(H,22,25). The molecule has 0 saturated carbocycles. The lowest BCUT2D eigenvalue weighted by atomic mass is 10.0. The summed E-state index contributed by atoms with van der Waals surface area (Å²) in [6.07, 6.45) is 1.86. The summed E-state index contributed by atoms with van der Waals surface area (Å²) < 4.78 is 27.5. The van der Waals surface area contributed by atoms with E-state index in [-0.39, 0.29) is 16.8 Å². The number of piperidine rings is 1. The fourth-order valence-corrected chi connectivity index (χ4v) is 4.39. The molecule has 0 bridgehead atoms. The van der Waals surface area contributed by atoms with Gasteiger partial charge in [0.05, 0.1) is 4.90 Å². The molecule has 150 valence electrons. The number of hydrogen-bond donors (Lipinski definition) is 2. The minimum absolute atomic E-state index is 0.123. The SMILES string of the molecule is CC(C)N1CCC(NC(=O)c2ccc(S(=O)(=O)Nc3ccccc3)cc2)CC1. The van der Waals surface area contributed by atoms with Crippen molar-refractivity contribution in [3.05, 3.63) is 60.2 Å². The molecule has 1 aliphatic rings. The summed E-state index contributed by atoms with van der Waals surface area (Å²) >= 11 is 0. The van der Waals surface area contributed by atoms with Crippen molar-refractivity contribution < 1.29 is 13.2 Å². The van der Waals surface area contributed by atoms with Gasteiger partial charge < -0.3 is 10.2 Å². The molecule has 28 heavy (non-hydrogen) atoms. The quantitative estimate of drug-likeness (QED) is 0.780. The minimum atomic E-state index is -3.68. The molecule has 1 heterocycles. The summed E-state index contributed by atoms with van der Waals surface area (Å²) in [4.78, 5) is 15.0. The van der Waals surface area contributed by atoms with Crippen molar-refractivity contribution in [3.8, 4) is 0 Å². The second-order valence-electron chi connectivity index (χ2n) is 7.37. The first kappa shape index (κ1) is 20.4. The first-order valence-electron chi connectivity index (χ1n) is 9.58.